The van der Waals surface area contributed by atoms with Crippen molar-refractivity contribution < 1.29 is 13.6 Å². The number of rotatable bonds is 1. The van der Waals surface area contributed by atoms with Gasteiger partial charge in [0, 0.05) is 0 Å². The van der Waals surface area contributed by atoms with Crippen LogP contribution in [0.25, 0.3) is 0 Å². The largest absolute Gasteiger partial charge is 0.307 e. The maximum atomic E-state index is 13.1. The lowest BCUT2D eigenvalue weighted by atomic mass is 9.81. The van der Waals surface area contributed by atoms with Crippen LogP contribution in [0.2, 0.25) is 0 Å². The Hall–Kier alpha value is -0.180. The molecule has 0 amide bonds. The van der Waals surface area contributed by atoms with Crippen LogP contribution in [-0.2, 0) is 4.79 Å². The number of carbonyl (C=O) groups is 1. The molecule has 0 aromatic carbocycles. The van der Waals surface area contributed by atoms with E-state index in [-0.39, 0.29) is 12.3 Å². The second-order valence-corrected chi connectivity index (χ2v) is 3.86. The first-order chi connectivity index (χ1) is 5.54. The third kappa shape index (κ3) is 1.76. The summed E-state index contributed by atoms with van der Waals surface area (Å²) in [5, 5.41) is -0.719. The van der Waals surface area contributed by atoms with E-state index in [4.69, 9.17) is 11.6 Å². The summed E-state index contributed by atoms with van der Waals surface area (Å²) in [6.45, 7) is 1.81. The molecule has 1 rings (SSSR count). The fraction of sp³-hybridized carbons (Fsp3) is 0.875. The van der Waals surface area contributed by atoms with Crippen LogP contribution in [0.5, 0.6) is 0 Å². The van der Waals surface area contributed by atoms with Crippen LogP contribution in [0.3, 0.4) is 0 Å². The van der Waals surface area contributed by atoms with Crippen molar-refractivity contribution in [1.29, 1.82) is 0 Å². The van der Waals surface area contributed by atoms with E-state index >= 15 is 0 Å². The van der Waals surface area contributed by atoms with Gasteiger partial charge in [-0.25, -0.2) is 4.39 Å². The van der Waals surface area contributed by atoms with E-state index < -0.39 is 23.5 Å². The number of hydrogen-bond acceptors (Lipinski definition) is 1. The summed E-state index contributed by atoms with van der Waals surface area (Å²) in [7, 11) is 0. The maximum absolute atomic E-state index is 13.1. The molecule has 0 saturated heterocycles. The van der Waals surface area contributed by atoms with Crippen LogP contribution in [0.1, 0.15) is 19.8 Å². The molecule has 4 heteroatoms. The predicted octanol–water partition coefficient (Wildman–Crippen LogP) is 2.47. The molecule has 12 heavy (non-hydrogen) atoms. The topological polar surface area (TPSA) is 17.1 Å². The first-order valence-electron chi connectivity index (χ1n) is 4.01. The highest BCUT2D eigenvalue weighted by atomic mass is 35.5. The van der Waals surface area contributed by atoms with Crippen molar-refractivity contribution in [2.75, 3.05) is 0 Å². The predicted molar refractivity (Wildman–Crippen MR) is 42.5 cm³/mol. The van der Waals surface area contributed by atoms with Gasteiger partial charge in [-0.2, -0.15) is 4.39 Å². The molecule has 1 fully saturated rings. The second-order valence-electron chi connectivity index (χ2n) is 3.35. The molecule has 0 heterocycles. The van der Waals surface area contributed by atoms with Gasteiger partial charge < -0.3 is 0 Å². The zero-order valence-corrected chi connectivity index (χ0v) is 7.52. The fourth-order valence-electron chi connectivity index (χ4n) is 1.54. The third-order valence-corrected chi connectivity index (χ3v) is 3.13. The lowest BCUT2D eigenvalue weighted by Gasteiger charge is -2.31. The minimum atomic E-state index is -1.57. The number of alkyl halides is 2. The molecule has 0 aliphatic heterocycles. The summed E-state index contributed by atoms with van der Waals surface area (Å²) in [6.07, 6.45) is -0.622. The Morgan fingerprint density at radius 2 is 2.08 bits per heavy atom. The van der Waals surface area contributed by atoms with E-state index in [1.165, 1.54) is 0 Å². The monoisotopic (exact) mass is 196 g/mol. The van der Waals surface area contributed by atoms with Gasteiger partial charge in [0.1, 0.15) is 6.17 Å². The normalized spacial score (nSPS) is 42.7. The Morgan fingerprint density at radius 1 is 1.50 bits per heavy atom. The zero-order valence-electron chi connectivity index (χ0n) is 6.77. The number of carbonyl (C=O) groups excluding carboxylic acids is 1. The van der Waals surface area contributed by atoms with Gasteiger partial charge in [-0.15, -0.1) is 11.6 Å². The Labute approximate surface area is 75.1 Å². The van der Waals surface area contributed by atoms with Crippen LogP contribution < -0.4 is 0 Å². The van der Waals surface area contributed by atoms with E-state index in [1.807, 2.05) is 6.92 Å². The molecule has 4 atom stereocenters. The van der Waals surface area contributed by atoms with Crippen molar-refractivity contribution in [2.45, 2.75) is 31.3 Å². The minimum Gasteiger partial charge on any atom is -0.261 e. The summed E-state index contributed by atoms with van der Waals surface area (Å²) < 4.78 is 25.4. The molecule has 1 aliphatic rings. The lowest BCUT2D eigenvalue weighted by Crippen LogP contribution is -2.38. The van der Waals surface area contributed by atoms with Crippen molar-refractivity contribution in [3.8, 4) is 0 Å². The van der Waals surface area contributed by atoms with Crippen molar-refractivity contribution in [2.24, 2.45) is 11.8 Å². The van der Waals surface area contributed by atoms with E-state index in [9.17, 15) is 13.6 Å². The van der Waals surface area contributed by atoms with Gasteiger partial charge in [0.05, 0.1) is 11.3 Å². The molecule has 1 nitrogen and oxygen atoms in total. The smallest absolute Gasteiger partial charge is 0.261 e. The first kappa shape index (κ1) is 9.90. The van der Waals surface area contributed by atoms with E-state index in [1.54, 1.807) is 0 Å². The molecule has 70 valence electrons. The van der Waals surface area contributed by atoms with Gasteiger partial charge in [-0.3, -0.25) is 4.79 Å². The third-order valence-electron chi connectivity index (χ3n) is 2.46. The summed E-state index contributed by atoms with van der Waals surface area (Å²) in [5.74, 6) is -1.10. The highest BCUT2D eigenvalue weighted by Gasteiger charge is 2.40. The lowest BCUT2D eigenvalue weighted by molar-refractivity contribution is -0.137. The van der Waals surface area contributed by atoms with Crippen molar-refractivity contribution in [3.63, 3.8) is 0 Å². The summed E-state index contributed by atoms with van der Waals surface area (Å²) >= 11 is 5.66. The fourth-order valence-corrected chi connectivity index (χ4v) is 1.84. The van der Waals surface area contributed by atoms with Crippen LogP contribution in [0.4, 0.5) is 8.78 Å². The van der Waals surface area contributed by atoms with Crippen molar-refractivity contribution in [3.05, 3.63) is 0 Å². The highest BCUT2D eigenvalue weighted by molar-refractivity contribution is 6.21. The summed E-state index contributed by atoms with van der Waals surface area (Å²) in [6, 6.07) is -1.57. The number of halogens is 3. The molecule has 1 saturated carbocycles. The first-order valence-corrected chi connectivity index (χ1v) is 4.45. The molecule has 1 aliphatic carbocycles. The Balaban J connectivity index is 2.65. The van der Waals surface area contributed by atoms with Gasteiger partial charge in [0.2, 0.25) is 0 Å². The van der Waals surface area contributed by atoms with E-state index in [0.29, 0.717) is 6.42 Å². The number of hydrogen-bond donors (Lipinski definition) is 0. The van der Waals surface area contributed by atoms with Crippen molar-refractivity contribution in [1.82, 2.24) is 0 Å². The zero-order chi connectivity index (χ0) is 9.30. The Morgan fingerprint density at radius 3 is 2.58 bits per heavy atom. The highest BCUT2D eigenvalue weighted by Crippen LogP contribution is 2.35. The molecule has 0 N–H and O–H groups in total. The average molecular weight is 197 g/mol. The van der Waals surface area contributed by atoms with Crippen LogP contribution in [0.15, 0.2) is 0 Å². The molecule has 0 aromatic heterocycles. The minimum absolute atomic E-state index is 0.0252. The summed E-state index contributed by atoms with van der Waals surface area (Å²) in [4.78, 5) is 10.3. The van der Waals surface area contributed by atoms with Gasteiger partial charge in [0.15, 0.2) is 0 Å². The molecule has 0 bridgehead atoms. The van der Waals surface area contributed by atoms with Crippen LogP contribution in [-0.4, -0.2) is 17.6 Å². The maximum Gasteiger partial charge on any atom is 0.307 e. The second kappa shape index (κ2) is 3.69. The molecular formula is C8H11ClF2O. The van der Waals surface area contributed by atoms with Gasteiger partial charge >= 0.3 is 6.04 Å². The van der Waals surface area contributed by atoms with Gasteiger partial charge in [-0.05, 0) is 18.8 Å². The summed E-state index contributed by atoms with van der Waals surface area (Å²) in [5.41, 5.74) is 0. The average Bonchev–Trinajstić information content (AvgIpc) is 2.00. The SMILES string of the molecule is CC1CCC(C(=O)F)C(F)C1Cl. The van der Waals surface area contributed by atoms with Crippen molar-refractivity contribution >= 4 is 17.6 Å². The molecule has 0 spiro atoms. The van der Waals surface area contributed by atoms with E-state index in [2.05, 4.69) is 0 Å². The van der Waals surface area contributed by atoms with Gasteiger partial charge in [-0.1, -0.05) is 6.92 Å². The quantitative estimate of drug-likeness (QED) is 0.465. The molecule has 0 radical (unpaired) electrons. The standard InChI is InChI=1S/C8H11ClF2O/c1-4-2-3-5(8(11)12)7(10)6(4)9/h4-7H,2-3H2,1H3. The molecular weight excluding hydrogens is 186 g/mol. The molecule has 0 aromatic rings. The van der Waals surface area contributed by atoms with Gasteiger partial charge in [0.25, 0.3) is 0 Å². The van der Waals surface area contributed by atoms with E-state index in [0.717, 1.165) is 0 Å². The molecule has 4 unspecified atom stereocenters. The van der Waals surface area contributed by atoms with Crippen LogP contribution >= 0.6 is 11.6 Å². The van der Waals surface area contributed by atoms with Crippen LogP contribution in [0, 0.1) is 11.8 Å². The Kier molecular flexibility index (Phi) is 3.04. The Bertz CT molecular complexity index is 186.